The molecule has 6 nitrogen and oxygen atoms in total. The van der Waals surface area contributed by atoms with Crippen LogP contribution in [0.2, 0.25) is 0 Å². The molecule has 20 heavy (non-hydrogen) atoms. The van der Waals surface area contributed by atoms with E-state index in [0.29, 0.717) is 5.57 Å². The summed E-state index contributed by atoms with van der Waals surface area (Å²) in [6, 6.07) is -0.262. The van der Waals surface area contributed by atoms with Crippen LogP contribution >= 0.6 is 0 Å². The van der Waals surface area contributed by atoms with Crippen LogP contribution in [0.3, 0.4) is 0 Å². The number of carbonyl (C=O) groups excluding carboxylic acids is 3. The molecular formula is C14H21NO5. The number of hydrogen-bond acceptors (Lipinski definition) is 5. The number of hydrogen-bond donors (Lipinski definition) is 0. The van der Waals surface area contributed by atoms with Crippen molar-refractivity contribution in [3.05, 3.63) is 11.6 Å². The van der Waals surface area contributed by atoms with Gasteiger partial charge in [0, 0.05) is 12.5 Å². The van der Waals surface area contributed by atoms with Crippen LogP contribution in [0, 0.1) is 5.92 Å². The Morgan fingerprint density at radius 2 is 1.95 bits per heavy atom. The summed E-state index contributed by atoms with van der Waals surface area (Å²) >= 11 is 0. The van der Waals surface area contributed by atoms with E-state index in [1.807, 2.05) is 13.8 Å². The van der Waals surface area contributed by atoms with Crippen LogP contribution in [0.5, 0.6) is 0 Å². The van der Waals surface area contributed by atoms with Gasteiger partial charge in [0.15, 0.2) is 0 Å². The Labute approximate surface area is 118 Å². The van der Waals surface area contributed by atoms with Gasteiger partial charge in [-0.1, -0.05) is 13.8 Å². The highest BCUT2D eigenvalue weighted by Gasteiger charge is 2.39. The third-order valence-electron chi connectivity index (χ3n) is 3.07. The lowest BCUT2D eigenvalue weighted by atomic mass is 10.0. The summed E-state index contributed by atoms with van der Waals surface area (Å²) in [6.07, 6.45) is 0.376. The first-order valence-corrected chi connectivity index (χ1v) is 6.60. The van der Waals surface area contributed by atoms with Crippen LogP contribution in [0.1, 0.15) is 34.6 Å². The van der Waals surface area contributed by atoms with Crippen LogP contribution in [-0.2, 0) is 19.1 Å². The van der Waals surface area contributed by atoms with E-state index in [-0.39, 0.29) is 18.6 Å². The van der Waals surface area contributed by atoms with Gasteiger partial charge in [-0.25, -0.2) is 9.69 Å². The molecule has 112 valence electrons. The first kappa shape index (κ1) is 16.2. The fourth-order valence-corrected chi connectivity index (χ4v) is 2.07. The predicted octanol–water partition coefficient (Wildman–Crippen LogP) is 1.89. The largest absolute Gasteiger partial charge is 0.459 e. The van der Waals surface area contributed by atoms with Gasteiger partial charge in [-0.2, -0.15) is 0 Å². The Balaban J connectivity index is 2.84. The summed E-state index contributed by atoms with van der Waals surface area (Å²) < 4.78 is 9.87. The Hall–Kier alpha value is -1.85. The van der Waals surface area contributed by atoms with Crippen molar-refractivity contribution in [3.63, 3.8) is 0 Å². The van der Waals surface area contributed by atoms with Gasteiger partial charge >= 0.3 is 12.1 Å². The van der Waals surface area contributed by atoms with Gasteiger partial charge in [0.25, 0.3) is 5.91 Å². The minimum Gasteiger partial charge on any atom is -0.459 e. The van der Waals surface area contributed by atoms with E-state index in [9.17, 15) is 14.4 Å². The standard InChI is InChI=1S/C14H21NO5/c1-8(2)12-7-19-14(18)15(12)13(17)9(3)6-10(4)20-11(5)16/h6,8,10,12H,7H2,1-5H3/b9-6+/t10-,12+/m0/s1. The van der Waals surface area contributed by atoms with Crippen molar-refractivity contribution in [1.29, 1.82) is 0 Å². The lowest BCUT2D eigenvalue weighted by molar-refractivity contribution is -0.143. The molecule has 0 radical (unpaired) electrons. The molecule has 2 amide bonds. The van der Waals surface area contributed by atoms with Gasteiger partial charge in [-0.05, 0) is 25.8 Å². The second-order valence-electron chi connectivity index (χ2n) is 5.23. The maximum atomic E-state index is 12.3. The third-order valence-corrected chi connectivity index (χ3v) is 3.07. The average molecular weight is 283 g/mol. The molecule has 1 rings (SSSR count). The molecular weight excluding hydrogens is 262 g/mol. The topological polar surface area (TPSA) is 72.9 Å². The summed E-state index contributed by atoms with van der Waals surface area (Å²) in [5.74, 6) is -0.719. The Morgan fingerprint density at radius 3 is 2.45 bits per heavy atom. The Morgan fingerprint density at radius 1 is 1.35 bits per heavy atom. The smallest absolute Gasteiger partial charge is 0.417 e. The van der Waals surface area contributed by atoms with Gasteiger partial charge < -0.3 is 9.47 Å². The second-order valence-corrected chi connectivity index (χ2v) is 5.23. The lowest BCUT2D eigenvalue weighted by Crippen LogP contribution is -2.42. The molecule has 6 heteroatoms. The summed E-state index contributed by atoms with van der Waals surface area (Å²) in [6.45, 7) is 8.61. The zero-order valence-corrected chi connectivity index (χ0v) is 12.5. The first-order chi connectivity index (χ1) is 9.23. The van der Waals surface area contributed by atoms with Crippen LogP contribution < -0.4 is 0 Å². The Bertz CT molecular complexity index is 441. The summed E-state index contributed by atoms with van der Waals surface area (Å²) in [5.41, 5.74) is 0.350. The van der Waals surface area contributed by atoms with E-state index >= 15 is 0 Å². The van der Waals surface area contributed by atoms with Gasteiger partial charge in [0.2, 0.25) is 0 Å². The number of cyclic esters (lactones) is 1. The molecule has 0 aromatic rings. The van der Waals surface area contributed by atoms with Gasteiger partial charge in [-0.3, -0.25) is 9.59 Å². The molecule has 0 aliphatic carbocycles. The zero-order valence-electron chi connectivity index (χ0n) is 12.5. The number of rotatable bonds is 4. The van der Waals surface area contributed by atoms with Crippen molar-refractivity contribution >= 4 is 18.0 Å². The van der Waals surface area contributed by atoms with Gasteiger partial charge in [0.1, 0.15) is 12.7 Å². The number of nitrogens with zero attached hydrogens (tertiary/aromatic N) is 1. The maximum Gasteiger partial charge on any atom is 0.417 e. The van der Waals surface area contributed by atoms with Crippen molar-refractivity contribution in [2.24, 2.45) is 5.92 Å². The summed E-state index contributed by atoms with van der Waals surface area (Å²) in [4.78, 5) is 35.9. The lowest BCUT2D eigenvalue weighted by Gasteiger charge is -2.23. The number of carbonyl (C=O) groups is 3. The number of amides is 2. The van der Waals surface area contributed by atoms with Crippen LogP contribution in [-0.4, -0.2) is 41.6 Å². The molecule has 0 N–H and O–H groups in total. The van der Waals surface area contributed by atoms with E-state index in [4.69, 9.17) is 9.47 Å². The maximum absolute atomic E-state index is 12.3. The van der Waals surface area contributed by atoms with Gasteiger partial charge in [0.05, 0.1) is 6.04 Å². The van der Waals surface area contributed by atoms with Crippen molar-refractivity contribution in [2.75, 3.05) is 6.61 Å². The number of esters is 1. The third kappa shape index (κ3) is 3.82. The molecule has 0 aromatic heterocycles. The Kier molecular flexibility index (Phi) is 5.30. The normalized spacial score (nSPS) is 20.9. The number of ether oxygens (including phenoxy) is 2. The predicted molar refractivity (Wildman–Crippen MR) is 71.8 cm³/mol. The molecule has 0 spiro atoms. The first-order valence-electron chi connectivity index (χ1n) is 6.60. The van der Waals surface area contributed by atoms with Crippen LogP contribution in [0.15, 0.2) is 11.6 Å². The van der Waals surface area contributed by atoms with Gasteiger partial charge in [-0.15, -0.1) is 0 Å². The fraction of sp³-hybridized carbons (Fsp3) is 0.643. The van der Waals surface area contributed by atoms with E-state index in [2.05, 4.69) is 0 Å². The highest BCUT2D eigenvalue weighted by atomic mass is 16.6. The molecule has 0 saturated carbocycles. The fourth-order valence-electron chi connectivity index (χ4n) is 2.07. The molecule has 0 unspecified atom stereocenters. The minimum absolute atomic E-state index is 0.115. The monoisotopic (exact) mass is 283 g/mol. The molecule has 1 aliphatic rings. The highest BCUT2D eigenvalue weighted by Crippen LogP contribution is 2.21. The van der Waals surface area contributed by atoms with E-state index in [1.54, 1.807) is 13.8 Å². The summed E-state index contributed by atoms with van der Waals surface area (Å²) in [7, 11) is 0. The van der Waals surface area contributed by atoms with Crippen LogP contribution in [0.4, 0.5) is 4.79 Å². The van der Waals surface area contributed by atoms with Crippen molar-refractivity contribution in [1.82, 2.24) is 4.90 Å². The van der Waals surface area contributed by atoms with E-state index in [0.717, 1.165) is 4.90 Å². The zero-order chi connectivity index (χ0) is 15.4. The molecule has 1 fully saturated rings. The van der Waals surface area contributed by atoms with Crippen molar-refractivity contribution < 1.29 is 23.9 Å². The van der Waals surface area contributed by atoms with E-state index in [1.165, 1.54) is 13.0 Å². The molecule has 2 atom stereocenters. The van der Waals surface area contributed by atoms with E-state index < -0.39 is 24.1 Å². The average Bonchev–Trinajstić information content (AvgIpc) is 2.68. The quantitative estimate of drug-likeness (QED) is 0.582. The molecule has 1 heterocycles. The molecule has 0 aromatic carbocycles. The minimum atomic E-state index is -0.624. The second kappa shape index (κ2) is 6.54. The highest BCUT2D eigenvalue weighted by molar-refractivity contribution is 6.03. The van der Waals surface area contributed by atoms with Crippen molar-refractivity contribution in [3.8, 4) is 0 Å². The van der Waals surface area contributed by atoms with Crippen molar-refractivity contribution in [2.45, 2.75) is 46.8 Å². The molecule has 0 bridgehead atoms. The summed E-state index contributed by atoms with van der Waals surface area (Å²) in [5, 5.41) is 0. The van der Waals surface area contributed by atoms with Crippen LogP contribution in [0.25, 0.3) is 0 Å². The molecule has 1 saturated heterocycles. The number of imide groups is 1. The SMILES string of the molecule is CC(=O)O[C@@H](C)/C=C(\C)C(=O)N1C(=O)OC[C@@H]1C(C)C. The molecule has 1 aliphatic heterocycles.